The van der Waals surface area contributed by atoms with Crippen LogP contribution in [0.5, 0.6) is 0 Å². The van der Waals surface area contributed by atoms with Gasteiger partial charge in [-0.15, -0.1) is 0 Å². The van der Waals surface area contributed by atoms with Crippen LogP contribution in [0.2, 0.25) is 0 Å². The van der Waals surface area contributed by atoms with Crippen LogP contribution in [0.4, 0.5) is 17.6 Å². The zero-order chi connectivity index (χ0) is 14.9. The molecule has 1 fully saturated rings. The summed E-state index contributed by atoms with van der Waals surface area (Å²) in [6, 6.07) is 2.32. The zero-order valence-corrected chi connectivity index (χ0v) is 10.5. The third kappa shape index (κ3) is 3.09. The molecule has 7 heteroatoms. The maximum Gasteiger partial charge on any atom is 0.419 e. The van der Waals surface area contributed by atoms with Crippen LogP contribution in [0.15, 0.2) is 18.2 Å². The number of nitrogens with one attached hydrogen (secondary N) is 1. The number of rotatable bonds is 4. The molecule has 1 atom stereocenters. The lowest BCUT2D eigenvalue weighted by molar-refractivity contribution is -0.140. The number of hydrogen-bond donors (Lipinski definition) is 2. The van der Waals surface area contributed by atoms with Gasteiger partial charge >= 0.3 is 6.18 Å². The molecule has 0 saturated heterocycles. The van der Waals surface area contributed by atoms with E-state index < -0.39 is 29.0 Å². The van der Waals surface area contributed by atoms with Crippen LogP contribution >= 0.6 is 0 Å². The summed E-state index contributed by atoms with van der Waals surface area (Å²) in [7, 11) is 0. The lowest BCUT2D eigenvalue weighted by Crippen LogP contribution is -2.42. The average molecular weight is 290 g/mol. The summed E-state index contributed by atoms with van der Waals surface area (Å²) in [6.07, 6.45) is -3.01. The summed E-state index contributed by atoms with van der Waals surface area (Å²) in [5.74, 6) is -2.18. The van der Waals surface area contributed by atoms with Gasteiger partial charge in [-0.3, -0.25) is 4.79 Å². The lowest BCUT2D eigenvalue weighted by atomic mass is 10.1. The first-order chi connectivity index (χ1) is 9.34. The predicted octanol–water partition coefficient (Wildman–Crippen LogP) is 2.31. The van der Waals surface area contributed by atoms with Gasteiger partial charge in [-0.05, 0) is 30.9 Å². The maximum atomic E-state index is 13.8. The average Bonchev–Trinajstić information content (AvgIpc) is 3.18. The Hall–Kier alpha value is -1.63. The summed E-state index contributed by atoms with van der Waals surface area (Å²) in [4.78, 5) is 11.9. The van der Waals surface area contributed by atoms with E-state index in [1.807, 2.05) is 0 Å². The van der Waals surface area contributed by atoms with Crippen molar-refractivity contribution >= 4 is 5.91 Å². The quantitative estimate of drug-likeness (QED) is 0.836. The summed E-state index contributed by atoms with van der Waals surface area (Å²) < 4.78 is 51.5. The zero-order valence-electron chi connectivity index (χ0n) is 10.5. The molecule has 0 aliphatic heterocycles. The molecule has 110 valence electrons. The van der Waals surface area contributed by atoms with E-state index in [1.54, 1.807) is 0 Å². The molecule has 0 radical (unpaired) electrons. The highest BCUT2D eigenvalue weighted by molar-refractivity contribution is 5.95. The van der Waals surface area contributed by atoms with Crippen LogP contribution in [-0.2, 0) is 6.18 Å². The topological polar surface area (TPSA) is 55.1 Å². The van der Waals surface area contributed by atoms with Crippen molar-refractivity contribution in [3.8, 4) is 0 Å². The van der Waals surface area contributed by atoms with Crippen LogP contribution in [0.25, 0.3) is 0 Å². The minimum atomic E-state index is -4.83. The Kier molecular flexibility index (Phi) is 3.99. The van der Waals surface area contributed by atoms with Gasteiger partial charge in [0.15, 0.2) is 0 Å². The molecule has 1 saturated carbocycles. The molecular weight excluding hydrogens is 276 g/mol. The molecule has 3 nitrogen and oxygen atoms in total. The van der Waals surface area contributed by atoms with Crippen LogP contribution in [0.1, 0.15) is 28.8 Å². The SMILES string of the molecule is NCC(NC(=O)c1cccc(C(F)(F)F)c1F)C1CC1. The van der Waals surface area contributed by atoms with Crippen LogP contribution < -0.4 is 11.1 Å². The van der Waals surface area contributed by atoms with Gasteiger partial charge in [0.25, 0.3) is 5.91 Å². The van der Waals surface area contributed by atoms with Gasteiger partial charge in [-0.25, -0.2) is 4.39 Å². The second-order valence-corrected chi connectivity index (χ2v) is 4.82. The van der Waals surface area contributed by atoms with E-state index >= 15 is 0 Å². The number of benzene rings is 1. The summed E-state index contributed by atoms with van der Waals surface area (Å²) >= 11 is 0. The van der Waals surface area contributed by atoms with E-state index in [-0.39, 0.29) is 18.5 Å². The van der Waals surface area contributed by atoms with Crippen LogP contribution in [0.3, 0.4) is 0 Å². The third-order valence-corrected chi connectivity index (χ3v) is 3.31. The van der Waals surface area contributed by atoms with Gasteiger partial charge in [0, 0.05) is 12.6 Å². The number of carbonyl (C=O) groups excluding carboxylic acids is 1. The van der Waals surface area contributed by atoms with Crippen molar-refractivity contribution in [3.05, 3.63) is 35.1 Å². The van der Waals surface area contributed by atoms with E-state index in [4.69, 9.17) is 5.73 Å². The van der Waals surface area contributed by atoms with Gasteiger partial charge < -0.3 is 11.1 Å². The molecular formula is C13H14F4N2O. The first kappa shape index (κ1) is 14.8. The van der Waals surface area contributed by atoms with Gasteiger partial charge in [0.2, 0.25) is 0 Å². The Morgan fingerprint density at radius 1 is 1.40 bits per heavy atom. The number of nitrogens with two attached hydrogens (primary N) is 1. The number of alkyl halides is 3. The largest absolute Gasteiger partial charge is 0.419 e. The fourth-order valence-corrected chi connectivity index (χ4v) is 2.04. The highest BCUT2D eigenvalue weighted by Gasteiger charge is 2.36. The van der Waals surface area contributed by atoms with E-state index in [1.165, 1.54) is 0 Å². The molecule has 0 bridgehead atoms. The molecule has 1 unspecified atom stereocenters. The molecule has 0 heterocycles. The molecule has 0 aromatic heterocycles. The summed E-state index contributed by atoms with van der Waals surface area (Å²) in [5.41, 5.74) is 3.43. The van der Waals surface area contributed by atoms with Gasteiger partial charge in [-0.1, -0.05) is 6.07 Å². The minimum absolute atomic E-state index is 0.178. The molecule has 0 spiro atoms. The summed E-state index contributed by atoms with van der Waals surface area (Å²) in [6.45, 7) is 0.178. The van der Waals surface area contributed by atoms with Gasteiger partial charge in [0.1, 0.15) is 5.82 Å². The second-order valence-electron chi connectivity index (χ2n) is 4.82. The molecule has 2 rings (SSSR count). The third-order valence-electron chi connectivity index (χ3n) is 3.31. The van der Waals surface area contributed by atoms with Crippen molar-refractivity contribution in [1.29, 1.82) is 0 Å². The predicted molar refractivity (Wildman–Crippen MR) is 64.4 cm³/mol. The van der Waals surface area contributed by atoms with Gasteiger partial charge in [-0.2, -0.15) is 13.2 Å². The first-order valence-electron chi connectivity index (χ1n) is 6.21. The van der Waals surface area contributed by atoms with E-state index in [2.05, 4.69) is 5.32 Å². The van der Waals surface area contributed by atoms with Crippen LogP contribution in [-0.4, -0.2) is 18.5 Å². The molecule has 1 aliphatic rings. The molecule has 1 aromatic rings. The Labute approximate surface area is 113 Å². The smallest absolute Gasteiger partial charge is 0.348 e. The lowest BCUT2D eigenvalue weighted by Gasteiger charge is -2.17. The standard InChI is InChI=1S/C13H14F4N2O/c14-11-8(2-1-3-9(11)13(15,16)17)12(20)19-10(6-18)7-4-5-7/h1-3,7,10H,4-6,18H2,(H,19,20). The molecule has 1 aromatic carbocycles. The Morgan fingerprint density at radius 3 is 2.55 bits per heavy atom. The Bertz CT molecular complexity index is 512. The molecule has 20 heavy (non-hydrogen) atoms. The highest BCUT2D eigenvalue weighted by atomic mass is 19.4. The maximum absolute atomic E-state index is 13.8. The van der Waals surface area contributed by atoms with E-state index in [0.29, 0.717) is 6.07 Å². The second kappa shape index (κ2) is 5.40. The Balaban J connectivity index is 2.21. The fraction of sp³-hybridized carbons (Fsp3) is 0.462. The highest BCUT2D eigenvalue weighted by Crippen LogP contribution is 2.34. The molecule has 1 aliphatic carbocycles. The van der Waals surface area contributed by atoms with Crippen molar-refractivity contribution in [1.82, 2.24) is 5.32 Å². The van der Waals surface area contributed by atoms with Crippen molar-refractivity contribution in [3.63, 3.8) is 0 Å². The van der Waals surface area contributed by atoms with Crippen molar-refractivity contribution in [2.45, 2.75) is 25.1 Å². The normalized spacial score (nSPS) is 16.9. The van der Waals surface area contributed by atoms with E-state index in [9.17, 15) is 22.4 Å². The number of carbonyl (C=O) groups is 1. The monoisotopic (exact) mass is 290 g/mol. The van der Waals surface area contributed by atoms with Crippen LogP contribution in [0, 0.1) is 11.7 Å². The fourth-order valence-electron chi connectivity index (χ4n) is 2.04. The van der Waals surface area contributed by atoms with E-state index in [0.717, 1.165) is 25.0 Å². The van der Waals surface area contributed by atoms with Crippen molar-refractivity contribution in [2.75, 3.05) is 6.54 Å². The Morgan fingerprint density at radius 2 is 2.05 bits per heavy atom. The minimum Gasteiger partial charge on any atom is -0.348 e. The van der Waals surface area contributed by atoms with Crippen molar-refractivity contribution < 1.29 is 22.4 Å². The molecule has 3 N–H and O–H groups in total. The molecule has 1 amide bonds. The number of hydrogen-bond acceptors (Lipinski definition) is 2. The number of amides is 1. The summed E-state index contributed by atoms with van der Waals surface area (Å²) in [5, 5.41) is 2.49. The first-order valence-corrected chi connectivity index (χ1v) is 6.21. The van der Waals surface area contributed by atoms with Crippen molar-refractivity contribution in [2.24, 2.45) is 11.7 Å². The van der Waals surface area contributed by atoms with Gasteiger partial charge in [0.05, 0.1) is 11.1 Å². The number of halogens is 4.